The fraction of sp³-hybridized carbons (Fsp3) is 0.438. The Balaban J connectivity index is 2.45. The quantitative estimate of drug-likeness (QED) is 0.902. The Bertz CT molecular complexity index is 589. The Hall–Kier alpha value is -1.68. The van der Waals surface area contributed by atoms with Crippen molar-refractivity contribution >= 4 is 0 Å². The lowest BCUT2D eigenvalue weighted by Crippen LogP contribution is -2.17. The third-order valence-corrected chi connectivity index (χ3v) is 3.69. The molecule has 2 rings (SSSR count). The number of aromatic nitrogens is 2. The molecule has 1 heterocycles. The first kappa shape index (κ1) is 14.7. The van der Waals surface area contributed by atoms with Gasteiger partial charge in [-0.2, -0.15) is 5.10 Å². The number of rotatable bonds is 5. The van der Waals surface area contributed by atoms with Gasteiger partial charge in [-0.15, -0.1) is 0 Å². The first-order valence-electron chi connectivity index (χ1n) is 7.14. The summed E-state index contributed by atoms with van der Waals surface area (Å²) >= 11 is 0. The van der Waals surface area contributed by atoms with Crippen LogP contribution >= 0.6 is 0 Å². The maximum absolute atomic E-state index is 14.1. The molecule has 0 aliphatic heterocycles. The molecule has 0 aliphatic rings. The molecule has 0 aliphatic carbocycles. The largest absolute Gasteiger partial charge is 0.310 e. The Morgan fingerprint density at radius 2 is 2.05 bits per heavy atom. The molecule has 0 spiro atoms. The predicted octanol–water partition coefficient (Wildman–Crippen LogP) is 3.69. The summed E-state index contributed by atoms with van der Waals surface area (Å²) in [6, 6.07) is 5.51. The van der Waals surface area contributed by atoms with E-state index in [0.717, 1.165) is 29.9 Å². The van der Waals surface area contributed by atoms with Crippen LogP contribution in [0, 0.1) is 12.7 Å². The first-order chi connectivity index (χ1) is 9.58. The third kappa shape index (κ3) is 2.75. The summed E-state index contributed by atoms with van der Waals surface area (Å²) in [4.78, 5) is 0. The lowest BCUT2D eigenvalue weighted by Gasteiger charge is -2.14. The van der Waals surface area contributed by atoms with Crippen LogP contribution in [0.3, 0.4) is 0 Å². The number of nitrogens with one attached hydrogen (secondary N) is 1. The van der Waals surface area contributed by atoms with Crippen LogP contribution < -0.4 is 5.32 Å². The highest BCUT2D eigenvalue weighted by Crippen LogP contribution is 2.28. The van der Waals surface area contributed by atoms with Crippen LogP contribution in [0.25, 0.3) is 11.1 Å². The number of benzene rings is 1. The van der Waals surface area contributed by atoms with Gasteiger partial charge in [-0.1, -0.05) is 13.0 Å². The lowest BCUT2D eigenvalue weighted by atomic mass is 10.00. The second kappa shape index (κ2) is 6.18. The summed E-state index contributed by atoms with van der Waals surface area (Å²) in [6.45, 7) is 9.84. The number of aryl methyl sites for hydroxylation is 1. The monoisotopic (exact) mass is 275 g/mol. The SMILES string of the molecule is CCNC(C)c1ccc(F)c(-c2cnn(CC)c2C)c1. The zero-order valence-electron chi connectivity index (χ0n) is 12.6. The van der Waals surface area contributed by atoms with Crippen molar-refractivity contribution in [2.45, 2.75) is 40.3 Å². The maximum Gasteiger partial charge on any atom is 0.131 e. The minimum Gasteiger partial charge on any atom is -0.310 e. The molecule has 3 nitrogen and oxygen atoms in total. The molecule has 0 radical (unpaired) electrons. The van der Waals surface area contributed by atoms with Crippen molar-refractivity contribution in [2.24, 2.45) is 0 Å². The molecule has 1 atom stereocenters. The van der Waals surface area contributed by atoms with Crippen molar-refractivity contribution in [3.63, 3.8) is 0 Å². The molecule has 0 amide bonds. The molecule has 0 bridgehead atoms. The number of hydrogen-bond donors (Lipinski definition) is 1. The van der Waals surface area contributed by atoms with E-state index in [0.29, 0.717) is 5.56 Å². The molecule has 108 valence electrons. The van der Waals surface area contributed by atoms with Gasteiger partial charge >= 0.3 is 0 Å². The van der Waals surface area contributed by atoms with Crippen LogP contribution in [-0.2, 0) is 6.54 Å². The van der Waals surface area contributed by atoms with Crippen LogP contribution in [0.15, 0.2) is 24.4 Å². The Kier molecular flexibility index (Phi) is 4.55. The van der Waals surface area contributed by atoms with Crippen molar-refractivity contribution in [1.82, 2.24) is 15.1 Å². The van der Waals surface area contributed by atoms with Gasteiger partial charge in [0.25, 0.3) is 0 Å². The van der Waals surface area contributed by atoms with Crippen LogP contribution in [0.5, 0.6) is 0 Å². The smallest absolute Gasteiger partial charge is 0.131 e. The van der Waals surface area contributed by atoms with Crippen molar-refractivity contribution in [3.05, 3.63) is 41.5 Å². The summed E-state index contributed by atoms with van der Waals surface area (Å²) in [7, 11) is 0. The fourth-order valence-electron chi connectivity index (χ4n) is 2.47. The topological polar surface area (TPSA) is 29.9 Å². The predicted molar refractivity (Wildman–Crippen MR) is 80.1 cm³/mol. The zero-order valence-corrected chi connectivity index (χ0v) is 12.6. The Morgan fingerprint density at radius 1 is 1.30 bits per heavy atom. The van der Waals surface area contributed by atoms with Crippen molar-refractivity contribution in [1.29, 1.82) is 0 Å². The molecule has 1 aromatic heterocycles. The van der Waals surface area contributed by atoms with Gasteiger partial charge in [-0.25, -0.2) is 4.39 Å². The summed E-state index contributed by atoms with van der Waals surface area (Å²) in [5.74, 6) is -0.198. The molecular weight excluding hydrogens is 253 g/mol. The molecule has 20 heavy (non-hydrogen) atoms. The molecule has 1 unspecified atom stereocenters. The van der Waals surface area contributed by atoms with E-state index in [1.807, 2.05) is 30.7 Å². The minimum absolute atomic E-state index is 0.198. The van der Waals surface area contributed by atoms with Gasteiger partial charge in [0.15, 0.2) is 0 Å². The highest BCUT2D eigenvalue weighted by atomic mass is 19.1. The van der Waals surface area contributed by atoms with Crippen LogP contribution in [0.4, 0.5) is 4.39 Å². The Morgan fingerprint density at radius 3 is 2.65 bits per heavy atom. The number of nitrogens with zero attached hydrogens (tertiary/aromatic N) is 2. The molecule has 0 fully saturated rings. The highest BCUT2D eigenvalue weighted by Gasteiger charge is 2.14. The zero-order chi connectivity index (χ0) is 14.7. The number of halogens is 1. The van der Waals surface area contributed by atoms with Crippen LogP contribution in [0.2, 0.25) is 0 Å². The normalized spacial score (nSPS) is 12.7. The summed E-state index contributed by atoms with van der Waals surface area (Å²) < 4.78 is 16.0. The standard InChI is InChI=1S/C16H22FN3/c1-5-18-11(3)13-7-8-16(17)14(9-13)15-10-19-20(6-2)12(15)4/h7-11,18H,5-6H2,1-4H3. The molecule has 1 aromatic carbocycles. The summed E-state index contributed by atoms with van der Waals surface area (Å²) in [5.41, 5.74) is 3.59. The van der Waals surface area contributed by atoms with Crippen molar-refractivity contribution in [3.8, 4) is 11.1 Å². The van der Waals surface area contributed by atoms with Gasteiger partial charge in [0.2, 0.25) is 0 Å². The molecule has 0 saturated carbocycles. The van der Waals surface area contributed by atoms with E-state index in [4.69, 9.17) is 0 Å². The van der Waals surface area contributed by atoms with E-state index < -0.39 is 0 Å². The van der Waals surface area contributed by atoms with Gasteiger partial charge in [0, 0.05) is 29.4 Å². The molecule has 1 N–H and O–H groups in total. The van der Waals surface area contributed by atoms with E-state index in [-0.39, 0.29) is 11.9 Å². The average Bonchev–Trinajstić information content (AvgIpc) is 2.80. The van der Waals surface area contributed by atoms with Gasteiger partial charge in [0.05, 0.1) is 6.20 Å². The van der Waals surface area contributed by atoms with Crippen LogP contribution in [-0.4, -0.2) is 16.3 Å². The van der Waals surface area contributed by atoms with Crippen molar-refractivity contribution in [2.75, 3.05) is 6.54 Å². The molecule has 2 aromatic rings. The fourth-order valence-corrected chi connectivity index (χ4v) is 2.47. The van der Waals surface area contributed by atoms with Gasteiger partial charge in [-0.05, 0) is 45.0 Å². The van der Waals surface area contributed by atoms with E-state index in [1.54, 1.807) is 12.3 Å². The Labute approximate surface area is 119 Å². The second-order valence-corrected chi connectivity index (χ2v) is 4.98. The molecule has 0 saturated heterocycles. The maximum atomic E-state index is 14.1. The van der Waals surface area contributed by atoms with E-state index in [2.05, 4.69) is 24.3 Å². The van der Waals surface area contributed by atoms with E-state index >= 15 is 0 Å². The highest BCUT2D eigenvalue weighted by molar-refractivity contribution is 5.66. The molecule has 4 heteroatoms. The summed E-state index contributed by atoms with van der Waals surface area (Å²) in [5, 5.41) is 7.64. The lowest BCUT2D eigenvalue weighted by molar-refractivity contribution is 0.592. The van der Waals surface area contributed by atoms with E-state index in [9.17, 15) is 4.39 Å². The van der Waals surface area contributed by atoms with Gasteiger partial charge < -0.3 is 5.32 Å². The minimum atomic E-state index is -0.198. The summed E-state index contributed by atoms with van der Waals surface area (Å²) in [6.07, 6.45) is 1.75. The molecular formula is C16H22FN3. The number of hydrogen-bond acceptors (Lipinski definition) is 2. The average molecular weight is 275 g/mol. The van der Waals surface area contributed by atoms with E-state index in [1.165, 1.54) is 0 Å². The van der Waals surface area contributed by atoms with Gasteiger partial charge in [0.1, 0.15) is 5.82 Å². The van der Waals surface area contributed by atoms with Crippen molar-refractivity contribution < 1.29 is 4.39 Å². The van der Waals surface area contributed by atoms with Gasteiger partial charge in [-0.3, -0.25) is 4.68 Å². The third-order valence-electron chi connectivity index (χ3n) is 3.69. The second-order valence-electron chi connectivity index (χ2n) is 4.98. The first-order valence-corrected chi connectivity index (χ1v) is 7.14. The van der Waals surface area contributed by atoms with Crippen LogP contribution in [0.1, 0.15) is 38.1 Å².